The van der Waals surface area contributed by atoms with Crippen LogP contribution in [0.2, 0.25) is 0 Å². The Labute approximate surface area is 201 Å². The summed E-state index contributed by atoms with van der Waals surface area (Å²) in [5.41, 5.74) is -0.104. The second kappa shape index (κ2) is 12.3. The number of piperidine rings is 1. The van der Waals surface area contributed by atoms with Crippen LogP contribution in [-0.4, -0.2) is 75.9 Å². The fourth-order valence-electron chi connectivity index (χ4n) is 3.67. The van der Waals surface area contributed by atoms with Crippen LogP contribution < -0.4 is 24.8 Å². The molecule has 1 saturated heterocycles. The Morgan fingerprint density at radius 1 is 0.971 bits per heavy atom. The van der Waals surface area contributed by atoms with Crippen LogP contribution in [0.15, 0.2) is 12.1 Å². The summed E-state index contributed by atoms with van der Waals surface area (Å²) >= 11 is 0. The monoisotopic (exact) mass is 479 g/mol. The number of nitrogens with one attached hydrogen (secondary N) is 2. The van der Waals surface area contributed by atoms with E-state index in [-0.39, 0.29) is 30.7 Å². The van der Waals surface area contributed by atoms with Gasteiger partial charge < -0.3 is 34.5 Å². The molecular formula is C24H37N3O7. The summed E-state index contributed by atoms with van der Waals surface area (Å²) in [6.45, 7) is 7.28. The van der Waals surface area contributed by atoms with E-state index in [1.807, 2.05) is 0 Å². The molecule has 0 bridgehead atoms. The molecule has 0 aromatic heterocycles. The Morgan fingerprint density at radius 3 is 2.06 bits per heavy atom. The Bertz CT molecular complexity index is 834. The van der Waals surface area contributed by atoms with Crippen molar-refractivity contribution in [2.24, 2.45) is 5.92 Å². The van der Waals surface area contributed by atoms with E-state index < -0.39 is 11.7 Å². The number of nitrogens with zero attached hydrogens (tertiary/aromatic N) is 1. The number of benzene rings is 1. The van der Waals surface area contributed by atoms with Gasteiger partial charge in [0, 0.05) is 38.2 Å². The van der Waals surface area contributed by atoms with Gasteiger partial charge in [0.1, 0.15) is 5.60 Å². The van der Waals surface area contributed by atoms with Crippen LogP contribution in [0.1, 0.15) is 50.4 Å². The maximum absolute atomic E-state index is 13.0. The number of likely N-dealkylation sites (tertiary alicyclic amines) is 1. The summed E-state index contributed by atoms with van der Waals surface area (Å²) in [5.74, 6) is 1.36. The van der Waals surface area contributed by atoms with E-state index >= 15 is 0 Å². The van der Waals surface area contributed by atoms with Crippen molar-refractivity contribution in [1.82, 2.24) is 15.5 Å². The highest BCUT2D eigenvalue weighted by molar-refractivity contribution is 5.95. The SMILES string of the molecule is COc1cc(C(=O)N2CCC(CNC(=O)CCNC(=O)OC(C)(C)C)CC2)cc(OC)c1OC. The first-order valence-corrected chi connectivity index (χ1v) is 11.4. The molecule has 2 rings (SSSR count). The number of hydrogen-bond acceptors (Lipinski definition) is 7. The summed E-state index contributed by atoms with van der Waals surface area (Å²) in [5, 5.41) is 5.48. The molecule has 0 spiro atoms. The van der Waals surface area contributed by atoms with Gasteiger partial charge in [0.05, 0.1) is 21.3 Å². The highest BCUT2D eigenvalue weighted by Crippen LogP contribution is 2.38. The van der Waals surface area contributed by atoms with Crippen molar-refractivity contribution in [2.45, 2.75) is 45.6 Å². The molecular weight excluding hydrogens is 442 g/mol. The zero-order chi connectivity index (χ0) is 25.3. The molecule has 1 fully saturated rings. The summed E-state index contributed by atoms with van der Waals surface area (Å²) in [7, 11) is 4.54. The van der Waals surface area contributed by atoms with Gasteiger partial charge in [0.2, 0.25) is 11.7 Å². The number of amides is 3. The number of carbonyl (C=O) groups excluding carboxylic acids is 3. The molecule has 0 aliphatic carbocycles. The highest BCUT2D eigenvalue weighted by atomic mass is 16.6. The van der Waals surface area contributed by atoms with Crippen molar-refractivity contribution in [3.63, 3.8) is 0 Å². The van der Waals surface area contributed by atoms with Gasteiger partial charge in [-0.05, 0) is 51.7 Å². The van der Waals surface area contributed by atoms with Crippen LogP contribution in [-0.2, 0) is 9.53 Å². The molecule has 0 unspecified atom stereocenters. The normalized spacial score (nSPS) is 14.2. The largest absolute Gasteiger partial charge is 0.493 e. The second-order valence-electron chi connectivity index (χ2n) is 9.13. The minimum Gasteiger partial charge on any atom is -0.493 e. The molecule has 3 amide bonds. The van der Waals surface area contributed by atoms with Crippen molar-refractivity contribution >= 4 is 17.9 Å². The van der Waals surface area contributed by atoms with Crippen LogP contribution in [0.4, 0.5) is 4.79 Å². The van der Waals surface area contributed by atoms with Crippen LogP contribution >= 0.6 is 0 Å². The average Bonchev–Trinajstić information content (AvgIpc) is 2.80. The van der Waals surface area contributed by atoms with Gasteiger partial charge >= 0.3 is 6.09 Å². The minimum absolute atomic E-state index is 0.102. The van der Waals surface area contributed by atoms with E-state index in [0.29, 0.717) is 42.4 Å². The smallest absolute Gasteiger partial charge is 0.407 e. The van der Waals surface area contributed by atoms with Crippen molar-refractivity contribution in [3.8, 4) is 17.2 Å². The number of alkyl carbamates (subject to hydrolysis) is 1. The molecule has 34 heavy (non-hydrogen) atoms. The molecule has 1 aliphatic rings. The standard InChI is InChI=1S/C24H37N3O7/c1-24(2,3)34-23(30)25-10-7-20(28)26-15-16-8-11-27(12-9-16)22(29)17-13-18(31-4)21(33-6)19(14-17)32-5/h13-14,16H,7-12,15H2,1-6H3,(H,25,30)(H,26,28). The lowest BCUT2D eigenvalue weighted by atomic mass is 9.96. The lowest BCUT2D eigenvalue weighted by Crippen LogP contribution is -2.42. The third kappa shape index (κ3) is 8.00. The van der Waals surface area contributed by atoms with E-state index in [9.17, 15) is 14.4 Å². The zero-order valence-electron chi connectivity index (χ0n) is 21.0. The molecule has 10 nitrogen and oxygen atoms in total. The fraction of sp³-hybridized carbons (Fsp3) is 0.625. The third-order valence-corrected chi connectivity index (χ3v) is 5.42. The summed E-state index contributed by atoms with van der Waals surface area (Å²) < 4.78 is 21.1. The Morgan fingerprint density at radius 2 is 1.56 bits per heavy atom. The zero-order valence-corrected chi connectivity index (χ0v) is 21.0. The van der Waals surface area contributed by atoms with E-state index in [0.717, 1.165) is 12.8 Å². The van der Waals surface area contributed by atoms with Crippen molar-refractivity contribution in [3.05, 3.63) is 17.7 Å². The lowest BCUT2D eigenvalue weighted by Gasteiger charge is -2.32. The Hall–Kier alpha value is -3.17. The lowest BCUT2D eigenvalue weighted by molar-refractivity contribution is -0.121. The fourth-order valence-corrected chi connectivity index (χ4v) is 3.67. The van der Waals surface area contributed by atoms with E-state index in [1.54, 1.807) is 37.8 Å². The van der Waals surface area contributed by atoms with Gasteiger partial charge in [-0.2, -0.15) is 0 Å². The minimum atomic E-state index is -0.575. The molecule has 1 heterocycles. The third-order valence-electron chi connectivity index (χ3n) is 5.42. The van der Waals surface area contributed by atoms with E-state index in [2.05, 4.69) is 10.6 Å². The number of methoxy groups -OCH3 is 3. The quantitative estimate of drug-likeness (QED) is 0.559. The molecule has 0 saturated carbocycles. The van der Waals surface area contributed by atoms with Gasteiger partial charge in [-0.1, -0.05) is 0 Å². The van der Waals surface area contributed by atoms with Crippen LogP contribution in [0.25, 0.3) is 0 Å². The van der Waals surface area contributed by atoms with Crippen LogP contribution in [0.3, 0.4) is 0 Å². The van der Waals surface area contributed by atoms with Gasteiger partial charge in [0.25, 0.3) is 5.91 Å². The second-order valence-corrected chi connectivity index (χ2v) is 9.13. The number of hydrogen-bond donors (Lipinski definition) is 2. The predicted molar refractivity (Wildman–Crippen MR) is 127 cm³/mol. The number of ether oxygens (including phenoxy) is 4. The van der Waals surface area contributed by atoms with Crippen molar-refractivity contribution in [1.29, 1.82) is 0 Å². The molecule has 0 atom stereocenters. The first-order chi connectivity index (χ1) is 16.1. The van der Waals surface area contributed by atoms with Crippen molar-refractivity contribution in [2.75, 3.05) is 47.5 Å². The molecule has 1 aliphatic heterocycles. The average molecular weight is 480 g/mol. The molecule has 10 heteroatoms. The topological polar surface area (TPSA) is 115 Å². The molecule has 2 N–H and O–H groups in total. The van der Waals surface area contributed by atoms with Gasteiger partial charge in [-0.15, -0.1) is 0 Å². The predicted octanol–water partition coefficient (Wildman–Crippen LogP) is 2.60. The molecule has 1 aromatic rings. The van der Waals surface area contributed by atoms with E-state index in [1.165, 1.54) is 21.3 Å². The number of rotatable bonds is 9. The van der Waals surface area contributed by atoms with Gasteiger partial charge in [-0.3, -0.25) is 9.59 Å². The maximum atomic E-state index is 13.0. The highest BCUT2D eigenvalue weighted by Gasteiger charge is 2.26. The Balaban J connectivity index is 1.78. The number of carbonyl (C=O) groups is 3. The summed E-state index contributed by atoms with van der Waals surface area (Å²) in [4.78, 5) is 38.5. The maximum Gasteiger partial charge on any atom is 0.407 e. The first kappa shape index (κ1) is 27.1. The summed E-state index contributed by atoms with van der Waals surface area (Å²) in [6, 6.07) is 3.31. The molecule has 190 valence electrons. The van der Waals surface area contributed by atoms with Gasteiger partial charge in [-0.25, -0.2) is 4.79 Å². The van der Waals surface area contributed by atoms with Gasteiger partial charge in [0.15, 0.2) is 11.5 Å². The summed E-state index contributed by atoms with van der Waals surface area (Å²) in [6.07, 6.45) is 1.21. The first-order valence-electron chi connectivity index (χ1n) is 11.4. The van der Waals surface area contributed by atoms with Crippen LogP contribution in [0, 0.1) is 5.92 Å². The van der Waals surface area contributed by atoms with Crippen LogP contribution in [0.5, 0.6) is 17.2 Å². The Kier molecular flexibility index (Phi) is 9.83. The molecule has 1 aromatic carbocycles. The molecule has 0 radical (unpaired) electrons. The van der Waals surface area contributed by atoms with E-state index in [4.69, 9.17) is 18.9 Å². The van der Waals surface area contributed by atoms with Crippen molar-refractivity contribution < 1.29 is 33.3 Å².